The molecular weight excluding hydrogens is 378 g/mol. The van der Waals surface area contributed by atoms with Crippen LogP contribution in [-0.4, -0.2) is 47.4 Å². The van der Waals surface area contributed by atoms with Crippen molar-refractivity contribution in [1.29, 1.82) is 0 Å². The smallest absolute Gasteiger partial charge is 0.194 e. The van der Waals surface area contributed by atoms with Crippen LogP contribution in [0, 0.1) is 0 Å². The van der Waals surface area contributed by atoms with Gasteiger partial charge in [-0.1, -0.05) is 30.3 Å². The van der Waals surface area contributed by atoms with Crippen LogP contribution in [0.3, 0.4) is 0 Å². The van der Waals surface area contributed by atoms with Gasteiger partial charge in [0.1, 0.15) is 17.6 Å². The lowest BCUT2D eigenvalue weighted by atomic mass is 10.1. The minimum Gasteiger partial charge on any atom is -0.457 e. The van der Waals surface area contributed by atoms with E-state index in [9.17, 15) is 0 Å². The van der Waals surface area contributed by atoms with Crippen molar-refractivity contribution < 1.29 is 9.47 Å². The van der Waals surface area contributed by atoms with Crippen molar-refractivity contribution in [3.8, 4) is 11.5 Å². The Morgan fingerprint density at radius 1 is 1.20 bits per heavy atom. The normalized spacial score (nSPS) is 17.1. The number of hydrogen-bond acceptors (Lipinski definition) is 4. The lowest BCUT2D eigenvalue weighted by molar-refractivity contribution is -0.00805. The lowest BCUT2D eigenvalue weighted by Crippen LogP contribution is -2.47. The van der Waals surface area contributed by atoms with Crippen molar-refractivity contribution in [3.05, 3.63) is 78.1 Å². The molecule has 7 nitrogen and oxygen atoms in total. The van der Waals surface area contributed by atoms with E-state index in [2.05, 4.69) is 26.4 Å². The van der Waals surface area contributed by atoms with E-state index in [0.29, 0.717) is 13.2 Å². The van der Waals surface area contributed by atoms with E-state index in [1.165, 1.54) is 0 Å². The number of aryl methyl sites for hydroxylation is 1. The monoisotopic (exact) mass is 405 g/mol. The fourth-order valence-electron chi connectivity index (χ4n) is 3.51. The summed E-state index contributed by atoms with van der Waals surface area (Å²) >= 11 is 0. The summed E-state index contributed by atoms with van der Waals surface area (Å²) in [7, 11) is 3.73. The summed E-state index contributed by atoms with van der Waals surface area (Å²) in [5.41, 5.74) is 2.21. The molecule has 1 aliphatic heterocycles. The van der Waals surface area contributed by atoms with E-state index >= 15 is 0 Å². The number of nitrogens with one attached hydrogen (secondary N) is 1. The molecule has 0 amide bonds. The summed E-state index contributed by atoms with van der Waals surface area (Å²) in [5.74, 6) is 2.51. The Labute approximate surface area is 176 Å². The van der Waals surface area contributed by atoms with Gasteiger partial charge in [-0.05, 0) is 29.8 Å². The Kier molecular flexibility index (Phi) is 6.29. The molecule has 0 bridgehead atoms. The maximum Gasteiger partial charge on any atom is 0.194 e. The predicted octanol–water partition coefficient (Wildman–Crippen LogP) is 3.36. The Morgan fingerprint density at radius 3 is 2.80 bits per heavy atom. The standard InChI is InChI=1S/C23H27N5O2/c1-24-23(28-11-12-29-22(17-28)19-15-26-27(2)16-19)25-14-18-7-6-10-21(13-18)30-20-8-4-3-5-9-20/h3-10,13,15-16,22H,11-12,14,17H2,1-2H3,(H,24,25). The molecule has 1 unspecified atom stereocenters. The van der Waals surface area contributed by atoms with Crippen molar-refractivity contribution in [1.82, 2.24) is 20.0 Å². The van der Waals surface area contributed by atoms with Crippen LogP contribution in [0.1, 0.15) is 17.2 Å². The number of aromatic nitrogens is 2. The molecule has 2 heterocycles. The van der Waals surface area contributed by atoms with E-state index in [1.54, 1.807) is 4.68 Å². The summed E-state index contributed by atoms with van der Waals surface area (Å²) < 4.78 is 13.7. The second-order valence-electron chi connectivity index (χ2n) is 7.22. The molecule has 156 valence electrons. The number of hydrogen-bond donors (Lipinski definition) is 1. The van der Waals surface area contributed by atoms with Gasteiger partial charge in [-0.2, -0.15) is 5.10 Å². The van der Waals surface area contributed by atoms with Crippen molar-refractivity contribution in [2.45, 2.75) is 12.6 Å². The van der Waals surface area contributed by atoms with Gasteiger partial charge in [0.2, 0.25) is 0 Å². The first kappa shape index (κ1) is 20.0. The van der Waals surface area contributed by atoms with Gasteiger partial charge in [0.05, 0.1) is 19.3 Å². The van der Waals surface area contributed by atoms with E-state index in [4.69, 9.17) is 9.47 Å². The molecule has 0 spiro atoms. The number of aliphatic imine (C=N–C) groups is 1. The highest BCUT2D eigenvalue weighted by Crippen LogP contribution is 2.23. The summed E-state index contributed by atoms with van der Waals surface area (Å²) in [4.78, 5) is 6.70. The highest BCUT2D eigenvalue weighted by molar-refractivity contribution is 5.80. The quantitative estimate of drug-likeness (QED) is 0.521. The van der Waals surface area contributed by atoms with Gasteiger partial charge in [-0.25, -0.2) is 0 Å². The van der Waals surface area contributed by atoms with Crippen LogP contribution in [0.25, 0.3) is 0 Å². The second kappa shape index (κ2) is 9.45. The third-order valence-corrected chi connectivity index (χ3v) is 5.00. The SMILES string of the molecule is CN=C(NCc1cccc(Oc2ccccc2)c1)N1CCOC(c2cnn(C)c2)C1. The van der Waals surface area contributed by atoms with Crippen molar-refractivity contribution in [2.24, 2.45) is 12.0 Å². The summed E-state index contributed by atoms with van der Waals surface area (Å²) in [6.45, 7) is 2.85. The molecule has 1 fully saturated rings. The number of guanidine groups is 1. The number of rotatable bonds is 5. The zero-order valence-electron chi connectivity index (χ0n) is 17.4. The number of nitrogens with zero attached hydrogens (tertiary/aromatic N) is 4. The van der Waals surface area contributed by atoms with Crippen LogP contribution in [0.5, 0.6) is 11.5 Å². The fraction of sp³-hybridized carbons (Fsp3) is 0.304. The van der Waals surface area contributed by atoms with Gasteiger partial charge in [-0.3, -0.25) is 9.67 Å². The maximum absolute atomic E-state index is 5.94. The van der Waals surface area contributed by atoms with Gasteiger partial charge in [0, 0.05) is 38.9 Å². The topological polar surface area (TPSA) is 63.9 Å². The first-order valence-electron chi connectivity index (χ1n) is 10.1. The third kappa shape index (κ3) is 4.99. The number of morpholine rings is 1. The van der Waals surface area contributed by atoms with E-state index in [0.717, 1.165) is 41.7 Å². The molecular formula is C23H27N5O2. The molecule has 30 heavy (non-hydrogen) atoms. The minimum atomic E-state index is -0.00593. The van der Waals surface area contributed by atoms with E-state index < -0.39 is 0 Å². The summed E-state index contributed by atoms with van der Waals surface area (Å²) in [6, 6.07) is 17.9. The Hall–Kier alpha value is -3.32. The van der Waals surface area contributed by atoms with Crippen LogP contribution in [0.4, 0.5) is 0 Å². The average Bonchev–Trinajstić information content (AvgIpc) is 3.22. The Balaban J connectivity index is 1.37. The molecule has 1 aromatic heterocycles. The van der Waals surface area contributed by atoms with Gasteiger partial charge >= 0.3 is 0 Å². The van der Waals surface area contributed by atoms with Crippen molar-refractivity contribution in [3.63, 3.8) is 0 Å². The summed E-state index contributed by atoms with van der Waals surface area (Å²) in [5, 5.41) is 7.72. The molecule has 1 saturated heterocycles. The van der Waals surface area contributed by atoms with Crippen LogP contribution >= 0.6 is 0 Å². The van der Waals surface area contributed by atoms with Gasteiger partial charge in [0.15, 0.2) is 5.96 Å². The Morgan fingerprint density at radius 2 is 2.03 bits per heavy atom. The number of para-hydroxylation sites is 1. The molecule has 1 N–H and O–H groups in total. The first-order valence-corrected chi connectivity index (χ1v) is 10.1. The third-order valence-electron chi connectivity index (χ3n) is 5.00. The van der Waals surface area contributed by atoms with Gasteiger partial charge < -0.3 is 19.7 Å². The van der Waals surface area contributed by atoms with Crippen molar-refractivity contribution >= 4 is 5.96 Å². The highest BCUT2D eigenvalue weighted by Gasteiger charge is 2.25. The van der Waals surface area contributed by atoms with Gasteiger partial charge in [0.25, 0.3) is 0 Å². The first-order chi connectivity index (χ1) is 14.7. The number of ether oxygens (including phenoxy) is 2. The van der Waals surface area contributed by atoms with Crippen LogP contribution in [0.2, 0.25) is 0 Å². The molecule has 3 aromatic rings. The zero-order chi connectivity index (χ0) is 20.8. The van der Waals surface area contributed by atoms with Crippen LogP contribution < -0.4 is 10.1 Å². The molecule has 0 radical (unpaired) electrons. The fourth-order valence-corrected chi connectivity index (χ4v) is 3.51. The van der Waals surface area contributed by atoms with E-state index in [-0.39, 0.29) is 6.10 Å². The maximum atomic E-state index is 5.94. The molecule has 1 atom stereocenters. The highest BCUT2D eigenvalue weighted by atomic mass is 16.5. The summed E-state index contributed by atoms with van der Waals surface area (Å²) in [6.07, 6.45) is 3.86. The molecule has 4 rings (SSSR count). The predicted molar refractivity (Wildman–Crippen MR) is 117 cm³/mol. The Bertz CT molecular complexity index is 986. The average molecular weight is 406 g/mol. The van der Waals surface area contributed by atoms with Crippen LogP contribution in [0.15, 0.2) is 72.0 Å². The molecule has 0 saturated carbocycles. The number of benzene rings is 2. The van der Waals surface area contributed by atoms with Crippen molar-refractivity contribution in [2.75, 3.05) is 26.7 Å². The lowest BCUT2D eigenvalue weighted by Gasteiger charge is -2.34. The molecule has 1 aliphatic rings. The largest absolute Gasteiger partial charge is 0.457 e. The second-order valence-corrected chi connectivity index (χ2v) is 7.22. The minimum absolute atomic E-state index is 0.00593. The van der Waals surface area contributed by atoms with Crippen LogP contribution in [-0.2, 0) is 18.3 Å². The van der Waals surface area contributed by atoms with Gasteiger partial charge in [-0.15, -0.1) is 0 Å². The zero-order valence-corrected chi connectivity index (χ0v) is 17.4. The van der Waals surface area contributed by atoms with E-state index in [1.807, 2.05) is 75.0 Å². The molecule has 7 heteroatoms. The molecule has 2 aromatic carbocycles. The molecule has 0 aliphatic carbocycles.